The minimum absolute atomic E-state index is 0.000357. The Bertz CT molecular complexity index is 1750. The van der Waals surface area contributed by atoms with Crippen LogP contribution in [0.1, 0.15) is 70.6 Å². The van der Waals surface area contributed by atoms with Gasteiger partial charge in [-0.25, -0.2) is 0 Å². The van der Waals surface area contributed by atoms with Gasteiger partial charge in [0.05, 0.1) is 17.8 Å². The van der Waals surface area contributed by atoms with Gasteiger partial charge >= 0.3 is 0 Å². The average Bonchev–Trinajstić information content (AvgIpc) is 3.35. The standard InChI is InChI=1S/C39H50N4O2/c1-5-30(24-33(38(40)41)39(45)42-25-28-14-8-7-9-15-28)27(4)36-35(43-34(6-2)37(36)44)21-20-26(3)22-29-16-10-11-17-31-18-12-13-19-32(31)23-29/h7-9,12-19,21,23,30,33,38,43-44H,3,5-6,10-11,20,22,24-25,40-41H2,1-2,4H3,(H,42,45). The molecule has 0 saturated carbocycles. The van der Waals surface area contributed by atoms with Gasteiger partial charge in [0.15, 0.2) is 0 Å². The average molecular weight is 607 g/mol. The lowest BCUT2D eigenvalue weighted by atomic mass is 9.84. The van der Waals surface area contributed by atoms with Crippen molar-refractivity contribution in [1.29, 1.82) is 0 Å². The minimum atomic E-state index is -0.799. The molecule has 1 aliphatic rings. The highest BCUT2D eigenvalue weighted by Gasteiger charge is 2.27. The van der Waals surface area contributed by atoms with Crippen LogP contribution in [0.5, 0.6) is 5.75 Å². The van der Waals surface area contributed by atoms with Gasteiger partial charge in [0.2, 0.25) is 5.91 Å². The molecule has 7 N–H and O–H groups in total. The topological polar surface area (TPSA) is 117 Å². The Balaban J connectivity index is 1.57. The third-order valence-electron chi connectivity index (χ3n) is 8.90. The molecular formula is C39H50N4O2. The van der Waals surface area contributed by atoms with Crippen molar-refractivity contribution in [3.8, 4) is 5.75 Å². The number of fused-ring (bicyclic) bond motifs is 1. The van der Waals surface area contributed by atoms with Crippen LogP contribution in [0.15, 0.2) is 78.4 Å². The Kier molecular flexibility index (Phi) is 12.2. The number of nitrogens with two attached hydrogens (primary N) is 2. The number of H-pyrrole nitrogens is 1. The Hall–Kier alpha value is -4.13. The van der Waals surface area contributed by atoms with Gasteiger partial charge in [-0.3, -0.25) is 4.79 Å². The van der Waals surface area contributed by atoms with E-state index in [1.807, 2.05) is 44.2 Å². The highest BCUT2D eigenvalue weighted by atomic mass is 16.3. The Morgan fingerprint density at radius 1 is 1.04 bits per heavy atom. The highest BCUT2D eigenvalue weighted by Crippen LogP contribution is 2.26. The number of benzene rings is 2. The van der Waals surface area contributed by atoms with Crippen LogP contribution in [0.3, 0.4) is 0 Å². The van der Waals surface area contributed by atoms with E-state index in [2.05, 4.69) is 72.4 Å². The van der Waals surface area contributed by atoms with Gasteiger partial charge in [0.25, 0.3) is 0 Å². The van der Waals surface area contributed by atoms with Crippen molar-refractivity contribution in [2.45, 2.75) is 78.4 Å². The monoisotopic (exact) mass is 606 g/mol. The number of amides is 1. The van der Waals surface area contributed by atoms with E-state index in [4.69, 9.17) is 11.5 Å². The molecule has 0 fully saturated rings. The fourth-order valence-electron chi connectivity index (χ4n) is 6.21. The smallest absolute Gasteiger partial charge is 0.226 e. The molecule has 6 heteroatoms. The van der Waals surface area contributed by atoms with Crippen molar-refractivity contribution in [3.05, 3.63) is 111 Å². The molecule has 0 aliphatic heterocycles. The molecule has 238 valence electrons. The second-order valence-corrected chi connectivity index (χ2v) is 12.2. The van der Waals surface area contributed by atoms with Crippen molar-refractivity contribution < 1.29 is 9.90 Å². The van der Waals surface area contributed by atoms with Gasteiger partial charge in [-0.05, 0) is 79.4 Å². The summed E-state index contributed by atoms with van der Waals surface area (Å²) < 4.78 is 0. The third kappa shape index (κ3) is 8.96. The van der Waals surface area contributed by atoms with Crippen molar-refractivity contribution in [2.24, 2.45) is 23.3 Å². The van der Waals surface area contributed by atoms with E-state index < -0.39 is 12.1 Å². The van der Waals surface area contributed by atoms with E-state index >= 15 is 0 Å². The number of carbonyl (C=O) groups excluding carboxylic acids is 1. The van der Waals surface area contributed by atoms with E-state index in [1.54, 1.807) is 0 Å². The molecule has 1 heterocycles. The number of hydrogen-bond donors (Lipinski definition) is 5. The minimum Gasteiger partial charge on any atom is -0.505 e. The second kappa shape index (κ2) is 16.3. The summed E-state index contributed by atoms with van der Waals surface area (Å²) in [6.07, 6.45) is 13.7. The molecule has 1 amide bonds. The molecule has 4 rings (SSSR count). The summed E-state index contributed by atoms with van der Waals surface area (Å²) >= 11 is 0. The number of carbonyl (C=O) groups is 1. The first-order chi connectivity index (χ1) is 21.7. The maximum Gasteiger partial charge on any atom is 0.226 e. The number of rotatable bonds is 13. The zero-order valence-corrected chi connectivity index (χ0v) is 27.1. The van der Waals surface area contributed by atoms with E-state index in [-0.39, 0.29) is 17.6 Å². The molecule has 0 spiro atoms. The highest BCUT2D eigenvalue weighted by molar-refractivity contribution is 5.79. The Morgan fingerprint density at radius 3 is 2.42 bits per heavy atom. The van der Waals surface area contributed by atoms with Crippen molar-refractivity contribution in [3.63, 3.8) is 0 Å². The van der Waals surface area contributed by atoms with Crippen LogP contribution in [0.2, 0.25) is 0 Å². The van der Waals surface area contributed by atoms with Gasteiger partial charge in [-0.15, -0.1) is 0 Å². The number of aryl methyl sites for hydroxylation is 1. The molecule has 2 unspecified atom stereocenters. The SMILES string of the molecule is C=C(CC=c1[nH]c(CC)c(O)c1=C(C)C(CC)CC(C(=O)NCc1ccccc1)C(N)N)CC1=CCCC=c2ccccc2=C1. The summed E-state index contributed by atoms with van der Waals surface area (Å²) in [5.74, 6) is -0.447. The van der Waals surface area contributed by atoms with Crippen LogP contribution in [0, 0.1) is 11.8 Å². The van der Waals surface area contributed by atoms with Gasteiger partial charge in [-0.1, -0.05) is 110 Å². The summed E-state index contributed by atoms with van der Waals surface area (Å²) in [5.41, 5.74) is 17.5. The Morgan fingerprint density at radius 2 is 1.73 bits per heavy atom. The summed E-state index contributed by atoms with van der Waals surface area (Å²) in [6, 6.07) is 18.3. The molecule has 1 aromatic heterocycles. The van der Waals surface area contributed by atoms with Crippen LogP contribution in [-0.2, 0) is 17.8 Å². The maximum atomic E-state index is 13.2. The maximum absolute atomic E-state index is 13.2. The molecule has 2 aromatic carbocycles. The first-order valence-electron chi connectivity index (χ1n) is 16.3. The molecule has 0 bridgehead atoms. The Labute approximate surface area is 267 Å². The van der Waals surface area contributed by atoms with Crippen LogP contribution in [-0.4, -0.2) is 22.2 Å². The third-order valence-corrected chi connectivity index (χ3v) is 8.90. The van der Waals surface area contributed by atoms with Gasteiger partial charge in [-0.2, -0.15) is 0 Å². The van der Waals surface area contributed by atoms with Crippen LogP contribution in [0.25, 0.3) is 23.8 Å². The van der Waals surface area contributed by atoms with E-state index in [0.29, 0.717) is 25.8 Å². The fraction of sp³-hybridized carbons (Fsp3) is 0.359. The van der Waals surface area contributed by atoms with Crippen molar-refractivity contribution >= 4 is 29.7 Å². The zero-order chi connectivity index (χ0) is 32.3. The molecule has 1 aliphatic carbocycles. The molecule has 0 saturated heterocycles. The van der Waals surface area contributed by atoms with E-state index in [0.717, 1.165) is 58.7 Å². The zero-order valence-electron chi connectivity index (χ0n) is 27.1. The van der Waals surface area contributed by atoms with Crippen LogP contribution < -0.4 is 37.8 Å². The summed E-state index contributed by atoms with van der Waals surface area (Å²) in [6.45, 7) is 11.0. The molecular weight excluding hydrogens is 556 g/mol. The number of aromatic nitrogens is 1. The lowest BCUT2D eigenvalue weighted by Crippen LogP contribution is -2.47. The fourth-order valence-corrected chi connectivity index (χ4v) is 6.21. The number of nitrogens with one attached hydrogen (secondary N) is 2. The van der Waals surface area contributed by atoms with Crippen LogP contribution >= 0.6 is 0 Å². The number of aromatic hydroxyl groups is 1. The molecule has 2 atom stereocenters. The number of hydrogen-bond acceptors (Lipinski definition) is 4. The lowest BCUT2D eigenvalue weighted by Gasteiger charge is -2.25. The summed E-state index contributed by atoms with van der Waals surface area (Å²) in [4.78, 5) is 16.7. The van der Waals surface area contributed by atoms with Gasteiger partial charge in [0.1, 0.15) is 5.75 Å². The largest absolute Gasteiger partial charge is 0.505 e. The molecule has 0 radical (unpaired) electrons. The predicted molar refractivity (Wildman–Crippen MR) is 187 cm³/mol. The lowest BCUT2D eigenvalue weighted by molar-refractivity contribution is -0.126. The van der Waals surface area contributed by atoms with Crippen molar-refractivity contribution in [1.82, 2.24) is 10.3 Å². The first kappa shape index (κ1) is 33.8. The first-order valence-corrected chi connectivity index (χ1v) is 16.3. The quantitative estimate of drug-likeness (QED) is 0.149. The summed E-state index contributed by atoms with van der Waals surface area (Å²) in [5, 5.41) is 18.6. The number of aromatic amines is 1. The van der Waals surface area contributed by atoms with Gasteiger partial charge in [0, 0.05) is 17.1 Å². The molecule has 3 aromatic rings. The van der Waals surface area contributed by atoms with E-state index in [9.17, 15) is 9.90 Å². The molecule has 6 nitrogen and oxygen atoms in total. The molecule has 45 heavy (non-hydrogen) atoms. The number of allylic oxidation sites excluding steroid dienone is 3. The normalized spacial score (nSPS) is 15.5. The van der Waals surface area contributed by atoms with Crippen molar-refractivity contribution in [2.75, 3.05) is 0 Å². The van der Waals surface area contributed by atoms with Gasteiger partial charge < -0.3 is 26.9 Å². The van der Waals surface area contributed by atoms with Crippen LogP contribution in [0.4, 0.5) is 0 Å². The summed E-state index contributed by atoms with van der Waals surface area (Å²) in [7, 11) is 0. The predicted octanol–water partition coefficient (Wildman–Crippen LogP) is 4.14. The second-order valence-electron chi connectivity index (χ2n) is 12.2. The van der Waals surface area contributed by atoms with E-state index in [1.165, 1.54) is 16.0 Å².